The fourth-order valence-corrected chi connectivity index (χ4v) is 8.91. The van der Waals surface area contributed by atoms with Crippen molar-refractivity contribution in [3.05, 3.63) is 117 Å². The number of aryl methyl sites for hydroxylation is 3. The maximum atomic E-state index is 14.2. The first-order chi connectivity index (χ1) is 23.5. The number of H-pyrrole nitrogens is 1. The van der Waals surface area contributed by atoms with E-state index in [4.69, 9.17) is 14.5 Å². The average molecular weight is 659 g/mol. The third kappa shape index (κ3) is 4.83. The lowest BCUT2D eigenvalue weighted by molar-refractivity contribution is 0.0776. The highest BCUT2D eigenvalue weighted by Crippen LogP contribution is 2.50. The molecule has 240 valence electrons. The van der Waals surface area contributed by atoms with Crippen LogP contribution >= 0.6 is 11.3 Å². The van der Waals surface area contributed by atoms with Crippen LogP contribution in [0.4, 0.5) is 10.2 Å². The molecule has 1 amide bonds. The van der Waals surface area contributed by atoms with E-state index in [1.54, 1.807) is 23.5 Å². The molecule has 11 heteroatoms. The third-order valence-electron chi connectivity index (χ3n) is 9.94. The van der Waals surface area contributed by atoms with E-state index in [0.717, 1.165) is 64.1 Å². The Balaban J connectivity index is 1.22. The minimum absolute atomic E-state index is 0.0556. The van der Waals surface area contributed by atoms with E-state index in [1.165, 1.54) is 23.3 Å². The van der Waals surface area contributed by atoms with Crippen LogP contribution in [-0.2, 0) is 19.3 Å². The Morgan fingerprint density at radius 3 is 2.73 bits per heavy atom. The number of anilines is 1. The van der Waals surface area contributed by atoms with Gasteiger partial charge in [-0.25, -0.2) is 14.2 Å². The Bertz CT molecular complexity index is 2280. The first kappa shape index (κ1) is 29.0. The fourth-order valence-electron chi connectivity index (χ4n) is 7.74. The third-order valence-corrected chi connectivity index (χ3v) is 11.1. The standard InChI is InChI=1S/C37H31FN6O3S/c38-23-13-10-20(11-14-23)12-15-26-29(34-42-37(46)47-43-34)30(31-32(40-26)27-9-4-18-44(27)36(31)45)28-19-22-16-17-39-35(33(22)48-28)41-25-8-3-6-21-5-1-2-7-24(21)25/h1-2,5,7,10-11,13-14,16-17,19,25,27H,3-4,6,8-9,12,15,18H2,(H,39,41)(H,42,43,46)/t25-,27-/m1/s1. The summed E-state index contributed by atoms with van der Waals surface area (Å²) in [4.78, 5) is 42.0. The van der Waals surface area contributed by atoms with E-state index < -0.39 is 5.76 Å². The molecule has 0 radical (unpaired) electrons. The predicted octanol–water partition coefficient (Wildman–Crippen LogP) is 7.41. The van der Waals surface area contributed by atoms with Gasteiger partial charge in [0, 0.05) is 23.2 Å². The Kier molecular flexibility index (Phi) is 6.96. The molecule has 2 aliphatic heterocycles. The zero-order chi connectivity index (χ0) is 32.4. The molecular formula is C37H31FN6O3S. The van der Waals surface area contributed by atoms with E-state index in [2.05, 4.69) is 45.8 Å². The number of aromatic amines is 1. The van der Waals surface area contributed by atoms with Crippen molar-refractivity contribution < 1.29 is 13.7 Å². The van der Waals surface area contributed by atoms with Crippen molar-refractivity contribution in [2.24, 2.45) is 0 Å². The maximum absolute atomic E-state index is 14.2. The lowest BCUT2D eigenvalue weighted by Gasteiger charge is -2.27. The monoisotopic (exact) mass is 658 g/mol. The van der Waals surface area contributed by atoms with Crippen LogP contribution < -0.4 is 11.1 Å². The first-order valence-electron chi connectivity index (χ1n) is 16.4. The molecule has 1 aliphatic carbocycles. The molecule has 1 fully saturated rings. The number of amides is 1. The normalized spacial score (nSPS) is 18.3. The van der Waals surface area contributed by atoms with Crippen molar-refractivity contribution >= 4 is 33.1 Å². The molecule has 0 saturated carbocycles. The Morgan fingerprint density at radius 1 is 1.00 bits per heavy atom. The summed E-state index contributed by atoms with van der Waals surface area (Å²) in [6.45, 7) is 0.674. The molecule has 0 spiro atoms. The van der Waals surface area contributed by atoms with Gasteiger partial charge in [0.05, 0.1) is 39.3 Å². The number of nitrogens with zero attached hydrogens (tertiary/aromatic N) is 4. The minimum Gasteiger partial charge on any atom is -0.362 e. The van der Waals surface area contributed by atoms with Crippen LogP contribution in [0.1, 0.15) is 76.2 Å². The van der Waals surface area contributed by atoms with Crippen LogP contribution in [0.2, 0.25) is 0 Å². The highest BCUT2D eigenvalue weighted by atomic mass is 32.1. The second kappa shape index (κ2) is 11.5. The number of rotatable bonds is 7. The van der Waals surface area contributed by atoms with Crippen LogP contribution in [0.15, 0.2) is 76.2 Å². The van der Waals surface area contributed by atoms with E-state index >= 15 is 0 Å². The summed E-state index contributed by atoms with van der Waals surface area (Å²) in [5.41, 5.74) is 6.92. The average Bonchev–Trinajstić information content (AvgIpc) is 3.90. The molecule has 6 aromatic rings. The second-order valence-corrected chi connectivity index (χ2v) is 13.8. The number of hydrogen-bond acceptors (Lipinski definition) is 8. The quantitative estimate of drug-likeness (QED) is 0.184. The van der Waals surface area contributed by atoms with Crippen LogP contribution in [-0.4, -0.2) is 37.5 Å². The molecule has 2 N–H and O–H groups in total. The zero-order valence-electron chi connectivity index (χ0n) is 26.0. The summed E-state index contributed by atoms with van der Waals surface area (Å²) in [5, 5.41) is 8.87. The fraction of sp³-hybridized carbons (Fsp3) is 0.270. The van der Waals surface area contributed by atoms with Crippen molar-refractivity contribution in [1.82, 2.24) is 25.0 Å². The molecule has 2 aromatic carbocycles. The predicted molar refractivity (Wildman–Crippen MR) is 182 cm³/mol. The van der Waals surface area contributed by atoms with Crippen molar-refractivity contribution in [2.45, 2.75) is 57.0 Å². The van der Waals surface area contributed by atoms with Crippen LogP contribution in [0.25, 0.3) is 31.9 Å². The van der Waals surface area contributed by atoms with Gasteiger partial charge in [-0.1, -0.05) is 41.6 Å². The van der Waals surface area contributed by atoms with Gasteiger partial charge in [0.25, 0.3) is 5.91 Å². The molecular weight excluding hydrogens is 628 g/mol. The topological polar surface area (TPSA) is 117 Å². The second-order valence-electron chi connectivity index (χ2n) is 12.8. The van der Waals surface area contributed by atoms with Gasteiger partial charge in [0.2, 0.25) is 0 Å². The molecule has 0 unspecified atom stereocenters. The number of thiophene rings is 1. The Morgan fingerprint density at radius 2 is 1.88 bits per heavy atom. The zero-order valence-corrected chi connectivity index (χ0v) is 26.8. The smallest absolute Gasteiger partial charge is 0.362 e. The van der Waals surface area contributed by atoms with E-state index in [0.29, 0.717) is 41.8 Å². The molecule has 1 saturated heterocycles. The highest BCUT2D eigenvalue weighted by Gasteiger charge is 2.44. The minimum atomic E-state index is -0.687. The molecule has 9 nitrogen and oxygen atoms in total. The van der Waals surface area contributed by atoms with Gasteiger partial charge in [-0.2, -0.15) is 0 Å². The van der Waals surface area contributed by atoms with Crippen molar-refractivity contribution in [3.63, 3.8) is 0 Å². The van der Waals surface area contributed by atoms with Crippen LogP contribution in [0, 0.1) is 5.82 Å². The van der Waals surface area contributed by atoms with E-state index in [9.17, 15) is 14.0 Å². The number of hydrogen-bond donors (Lipinski definition) is 2. The molecule has 0 bridgehead atoms. The number of fused-ring (bicyclic) bond motifs is 5. The molecule has 9 rings (SSSR count). The summed E-state index contributed by atoms with van der Waals surface area (Å²) in [6.07, 6.45) is 7.83. The number of benzene rings is 2. The number of halogens is 1. The van der Waals surface area contributed by atoms with Gasteiger partial charge < -0.3 is 10.2 Å². The van der Waals surface area contributed by atoms with E-state index in [-0.39, 0.29) is 29.6 Å². The van der Waals surface area contributed by atoms with Gasteiger partial charge in [0.1, 0.15) is 11.6 Å². The summed E-state index contributed by atoms with van der Waals surface area (Å²) in [7, 11) is 0. The summed E-state index contributed by atoms with van der Waals surface area (Å²) in [5.74, 6) is -0.00572. The van der Waals surface area contributed by atoms with Gasteiger partial charge >= 0.3 is 5.76 Å². The highest BCUT2D eigenvalue weighted by molar-refractivity contribution is 7.23. The van der Waals surface area contributed by atoms with Gasteiger partial charge in [-0.05, 0) is 91.3 Å². The van der Waals surface area contributed by atoms with Crippen molar-refractivity contribution in [1.29, 1.82) is 0 Å². The largest absolute Gasteiger partial charge is 0.439 e. The number of nitrogens with one attached hydrogen (secondary N) is 2. The van der Waals surface area contributed by atoms with Gasteiger partial charge in [-0.3, -0.25) is 19.3 Å². The number of aromatic nitrogens is 4. The lowest BCUT2D eigenvalue weighted by atomic mass is 9.88. The van der Waals surface area contributed by atoms with Gasteiger partial charge in [0.15, 0.2) is 5.82 Å². The number of carbonyl (C=O) groups excluding carboxylic acids is 1. The summed E-state index contributed by atoms with van der Waals surface area (Å²) >= 11 is 1.57. The molecule has 4 aromatic heterocycles. The van der Waals surface area contributed by atoms with Gasteiger partial charge in [-0.15, -0.1) is 11.3 Å². The Labute approximate surface area is 278 Å². The van der Waals surface area contributed by atoms with Crippen LogP contribution in [0.3, 0.4) is 0 Å². The Hall–Kier alpha value is -5.16. The maximum Gasteiger partial charge on any atom is 0.439 e. The first-order valence-corrected chi connectivity index (χ1v) is 17.3. The molecule has 3 aliphatic rings. The summed E-state index contributed by atoms with van der Waals surface area (Å²) in [6, 6.07) is 19.2. The molecule has 6 heterocycles. The SMILES string of the molecule is O=C1c2c(nc(CCc3ccc(F)cc3)c(-c3noc(=O)[nH]3)c2-c2cc3ccnc(N[C@@H]4CCCc5ccccc54)c3s2)[C@H]2CCCN12. The van der Waals surface area contributed by atoms with Crippen LogP contribution in [0.5, 0.6) is 0 Å². The van der Waals surface area contributed by atoms with Crippen molar-refractivity contribution in [2.75, 3.05) is 11.9 Å². The molecule has 48 heavy (non-hydrogen) atoms. The van der Waals surface area contributed by atoms with E-state index in [1.807, 2.05) is 17.2 Å². The lowest BCUT2D eigenvalue weighted by Crippen LogP contribution is -2.22. The number of pyridine rings is 2. The molecule has 2 atom stereocenters. The van der Waals surface area contributed by atoms with Crippen molar-refractivity contribution in [3.8, 4) is 21.8 Å². The summed E-state index contributed by atoms with van der Waals surface area (Å²) < 4.78 is 19.7. The number of carbonyl (C=O) groups is 1.